The van der Waals surface area contributed by atoms with Gasteiger partial charge in [0.15, 0.2) is 0 Å². The lowest BCUT2D eigenvalue weighted by Crippen LogP contribution is -2.43. The molecule has 0 amide bonds. The summed E-state index contributed by atoms with van der Waals surface area (Å²) in [4.78, 5) is 11.2. The van der Waals surface area contributed by atoms with Crippen molar-refractivity contribution in [3.63, 3.8) is 0 Å². The molecule has 2 N–H and O–H groups in total. The summed E-state index contributed by atoms with van der Waals surface area (Å²) in [7, 11) is -1.96. The molecule has 0 saturated heterocycles. The number of hydrogen-bond donors (Lipinski definition) is 2. The first-order valence-electron chi connectivity index (χ1n) is 9.08. The molecular weight excluding hydrogens is 392 g/mol. The number of anilines is 2. The molecule has 0 aliphatic heterocycles. The van der Waals surface area contributed by atoms with Crippen molar-refractivity contribution in [2.24, 2.45) is 0 Å². The van der Waals surface area contributed by atoms with Crippen LogP contribution in [0.3, 0.4) is 0 Å². The molecule has 0 saturated carbocycles. The van der Waals surface area contributed by atoms with Crippen LogP contribution < -0.4 is 9.74 Å². The van der Waals surface area contributed by atoms with Crippen molar-refractivity contribution in [1.82, 2.24) is 4.57 Å². The predicted molar refractivity (Wildman–Crippen MR) is 118 cm³/mol. The largest absolute Gasteiger partial charge is 0.543 e. The molecule has 0 unspecified atom stereocenters. The van der Waals surface area contributed by atoms with Gasteiger partial charge in [-0.1, -0.05) is 32.4 Å². The smallest absolute Gasteiger partial charge is 0.415 e. The lowest BCUT2D eigenvalue weighted by Gasteiger charge is -2.36. The number of carbonyl (C=O) groups is 1. The zero-order valence-corrected chi connectivity index (χ0v) is 18.5. The number of fused-ring (bicyclic) bond motifs is 1. The van der Waals surface area contributed by atoms with Crippen LogP contribution in [0, 0.1) is 0 Å². The maximum Gasteiger partial charge on any atom is 0.415 e. The van der Waals surface area contributed by atoms with Crippen molar-refractivity contribution in [2.75, 3.05) is 5.32 Å². The lowest BCUT2D eigenvalue weighted by molar-refractivity contribution is 0.197. The number of nitrogens with one attached hydrogen (secondary N) is 1. The molecule has 148 valence electrons. The third kappa shape index (κ3) is 4.03. The normalized spacial score (nSPS) is 12.2. The van der Waals surface area contributed by atoms with Gasteiger partial charge in [0.2, 0.25) is 0 Å². The fourth-order valence-corrected chi connectivity index (χ4v) is 3.96. The average Bonchev–Trinajstić information content (AvgIpc) is 2.99. The molecule has 1 aromatic heterocycles. The van der Waals surface area contributed by atoms with Gasteiger partial charge in [0.1, 0.15) is 5.75 Å². The monoisotopic (exact) mass is 416 g/mol. The van der Waals surface area contributed by atoms with Gasteiger partial charge < -0.3 is 14.8 Å². The molecule has 0 spiro atoms. The topological polar surface area (TPSA) is 63.5 Å². The standard InChI is InChI=1S/C21H25ClN2O3Si/c1-21(2,3)28(4,5)27-19-9-7-16(13-17(19)22)23-15-6-8-18-14(12-15)10-11-24(18)20(25)26/h6-13,23H,1-5H3,(H,25,26). The Labute approximate surface area is 171 Å². The predicted octanol–water partition coefficient (Wildman–Crippen LogP) is 6.95. The van der Waals surface area contributed by atoms with Crippen molar-refractivity contribution >= 4 is 48.3 Å². The van der Waals surface area contributed by atoms with Crippen LogP contribution in [-0.4, -0.2) is 24.1 Å². The van der Waals surface area contributed by atoms with E-state index in [9.17, 15) is 9.90 Å². The molecular formula is C21H25ClN2O3Si. The molecule has 2 aromatic carbocycles. The molecule has 7 heteroatoms. The van der Waals surface area contributed by atoms with E-state index in [2.05, 4.69) is 39.2 Å². The summed E-state index contributed by atoms with van der Waals surface area (Å²) in [6.45, 7) is 11.0. The van der Waals surface area contributed by atoms with Crippen LogP contribution in [0.1, 0.15) is 20.8 Å². The van der Waals surface area contributed by atoms with Gasteiger partial charge in [-0.3, -0.25) is 4.57 Å². The molecule has 28 heavy (non-hydrogen) atoms. The van der Waals surface area contributed by atoms with Crippen LogP contribution in [0.4, 0.5) is 16.2 Å². The fourth-order valence-electron chi connectivity index (χ4n) is 2.64. The fraction of sp³-hybridized carbons (Fsp3) is 0.286. The van der Waals surface area contributed by atoms with Crippen molar-refractivity contribution < 1.29 is 14.3 Å². The van der Waals surface area contributed by atoms with Crippen LogP contribution in [0.5, 0.6) is 5.75 Å². The maximum atomic E-state index is 11.2. The van der Waals surface area contributed by atoms with E-state index in [4.69, 9.17) is 16.0 Å². The van der Waals surface area contributed by atoms with Crippen LogP contribution in [0.2, 0.25) is 23.2 Å². The molecule has 0 radical (unpaired) electrons. The van der Waals surface area contributed by atoms with E-state index < -0.39 is 14.4 Å². The number of halogens is 1. The van der Waals surface area contributed by atoms with Gasteiger partial charge in [-0.05, 0) is 60.6 Å². The van der Waals surface area contributed by atoms with Crippen molar-refractivity contribution in [3.05, 3.63) is 53.7 Å². The summed E-state index contributed by atoms with van der Waals surface area (Å²) < 4.78 is 7.50. The number of benzene rings is 2. The zero-order chi connectivity index (χ0) is 20.7. The Morgan fingerprint density at radius 2 is 1.75 bits per heavy atom. The van der Waals surface area contributed by atoms with E-state index in [1.807, 2.05) is 30.3 Å². The Kier molecular flexibility index (Phi) is 5.21. The Hall–Kier alpha value is -2.44. The third-order valence-electron chi connectivity index (χ3n) is 5.29. The number of nitrogens with zero attached hydrogens (tertiary/aromatic N) is 1. The number of carboxylic acid groups (broad SMARTS) is 1. The first-order chi connectivity index (χ1) is 13.0. The molecule has 0 bridgehead atoms. The molecule has 0 aliphatic carbocycles. The van der Waals surface area contributed by atoms with E-state index in [0.29, 0.717) is 16.3 Å². The van der Waals surface area contributed by atoms with E-state index in [0.717, 1.165) is 16.8 Å². The van der Waals surface area contributed by atoms with Crippen molar-refractivity contribution in [3.8, 4) is 5.75 Å². The second-order valence-corrected chi connectivity index (χ2v) is 13.5. The van der Waals surface area contributed by atoms with Gasteiger partial charge in [0.25, 0.3) is 8.32 Å². The second-order valence-electron chi connectivity index (χ2n) is 8.37. The van der Waals surface area contributed by atoms with Gasteiger partial charge in [-0.25, -0.2) is 4.79 Å². The van der Waals surface area contributed by atoms with E-state index in [-0.39, 0.29) is 5.04 Å². The van der Waals surface area contributed by atoms with Crippen molar-refractivity contribution in [2.45, 2.75) is 38.9 Å². The highest BCUT2D eigenvalue weighted by Crippen LogP contribution is 2.40. The van der Waals surface area contributed by atoms with Crippen LogP contribution in [0.25, 0.3) is 10.9 Å². The summed E-state index contributed by atoms with van der Waals surface area (Å²) >= 11 is 6.47. The summed E-state index contributed by atoms with van der Waals surface area (Å²) in [5.41, 5.74) is 2.34. The molecule has 0 aliphatic rings. The average molecular weight is 417 g/mol. The Morgan fingerprint density at radius 1 is 1.11 bits per heavy atom. The van der Waals surface area contributed by atoms with Gasteiger partial charge in [0.05, 0.1) is 10.5 Å². The first-order valence-corrected chi connectivity index (χ1v) is 12.4. The summed E-state index contributed by atoms with van der Waals surface area (Å²) in [6, 6.07) is 13.0. The van der Waals surface area contributed by atoms with Crippen LogP contribution >= 0.6 is 11.6 Å². The Morgan fingerprint density at radius 3 is 2.36 bits per heavy atom. The third-order valence-corrected chi connectivity index (χ3v) is 9.93. The van der Waals surface area contributed by atoms with Crippen LogP contribution in [-0.2, 0) is 0 Å². The van der Waals surface area contributed by atoms with Gasteiger partial charge in [0, 0.05) is 23.0 Å². The molecule has 3 rings (SSSR count). The molecule has 5 nitrogen and oxygen atoms in total. The maximum absolute atomic E-state index is 11.2. The van der Waals surface area contributed by atoms with E-state index in [1.54, 1.807) is 18.3 Å². The van der Waals surface area contributed by atoms with Crippen LogP contribution in [0.15, 0.2) is 48.7 Å². The zero-order valence-electron chi connectivity index (χ0n) is 16.7. The highest BCUT2D eigenvalue weighted by atomic mass is 35.5. The molecule has 0 fully saturated rings. The highest BCUT2D eigenvalue weighted by molar-refractivity contribution is 6.74. The summed E-state index contributed by atoms with van der Waals surface area (Å²) in [5, 5.41) is 14.0. The summed E-state index contributed by atoms with van der Waals surface area (Å²) in [6.07, 6.45) is 0.542. The Balaban J connectivity index is 1.81. The minimum Gasteiger partial charge on any atom is -0.543 e. The molecule has 3 aromatic rings. The van der Waals surface area contributed by atoms with Crippen molar-refractivity contribution in [1.29, 1.82) is 0 Å². The lowest BCUT2D eigenvalue weighted by atomic mass is 10.2. The first kappa shape index (κ1) is 20.3. The number of rotatable bonds is 4. The minimum absolute atomic E-state index is 0.0923. The summed E-state index contributed by atoms with van der Waals surface area (Å²) in [5.74, 6) is 0.702. The highest BCUT2D eigenvalue weighted by Gasteiger charge is 2.39. The van der Waals surface area contributed by atoms with Gasteiger partial charge >= 0.3 is 6.09 Å². The number of hydrogen-bond acceptors (Lipinski definition) is 3. The molecule has 1 heterocycles. The van der Waals surface area contributed by atoms with E-state index in [1.165, 1.54) is 4.57 Å². The molecule has 0 atom stereocenters. The van der Waals surface area contributed by atoms with Gasteiger partial charge in [-0.15, -0.1) is 0 Å². The Bertz CT molecular complexity index is 1040. The van der Waals surface area contributed by atoms with E-state index >= 15 is 0 Å². The minimum atomic E-state index is -1.96. The SMILES string of the molecule is CC(C)(C)[Si](C)(C)Oc1ccc(Nc2ccc3c(ccn3C(=O)O)c2)cc1Cl. The second kappa shape index (κ2) is 7.18. The quantitative estimate of drug-likeness (QED) is 0.451. The van der Waals surface area contributed by atoms with Gasteiger partial charge in [-0.2, -0.15) is 0 Å². The number of aromatic nitrogens is 1.